The van der Waals surface area contributed by atoms with E-state index in [1.807, 2.05) is 4.90 Å². The van der Waals surface area contributed by atoms with E-state index in [9.17, 15) is 4.79 Å². The van der Waals surface area contributed by atoms with Gasteiger partial charge in [0.1, 0.15) is 6.26 Å². The number of likely N-dealkylation sites (tertiary alicyclic amines) is 1. The Morgan fingerprint density at radius 2 is 2.07 bits per heavy atom. The Hall–Kier alpha value is -0.770. The van der Waals surface area contributed by atoms with Gasteiger partial charge in [0.25, 0.3) is 5.91 Å². The van der Waals surface area contributed by atoms with Crippen LogP contribution >= 0.6 is 15.9 Å². The first-order valence-electron chi connectivity index (χ1n) is 4.81. The number of carbonyl (C=O) groups excluding carboxylic acids is 1. The van der Waals surface area contributed by atoms with E-state index in [1.165, 1.54) is 12.7 Å². The van der Waals surface area contributed by atoms with Gasteiger partial charge in [-0.1, -0.05) is 0 Å². The van der Waals surface area contributed by atoms with Crippen LogP contribution in [0.5, 0.6) is 0 Å². The van der Waals surface area contributed by atoms with E-state index in [0.717, 1.165) is 25.9 Å². The van der Waals surface area contributed by atoms with Gasteiger partial charge in [-0.05, 0) is 35.2 Å². The third-order valence-electron chi connectivity index (χ3n) is 2.46. The number of halogens is 1. The molecule has 0 bridgehead atoms. The van der Waals surface area contributed by atoms with Crippen molar-refractivity contribution in [3.63, 3.8) is 0 Å². The molecular formula is C10H12BrNO2. The normalized spacial score (nSPS) is 17.1. The molecule has 3 nitrogen and oxygen atoms in total. The minimum absolute atomic E-state index is 0.0825. The third kappa shape index (κ3) is 2.00. The fourth-order valence-electron chi connectivity index (χ4n) is 1.70. The Bertz CT molecular complexity index is 329. The van der Waals surface area contributed by atoms with E-state index in [4.69, 9.17) is 4.42 Å². The molecule has 0 atom stereocenters. The molecule has 0 aromatic carbocycles. The lowest BCUT2D eigenvalue weighted by Gasteiger charge is -2.26. The maximum Gasteiger partial charge on any atom is 0.257 e. The lowest BCUT2D eigenvalue weighted by molar-refractivity contribution is 0.0723. The van der Waals surface area contributed by atoms with Crippen molar-refractivity contribution in [1.82, 2.24) is 4.90 Å². The summed E-state index contributed by atoms with van der Waals surface area (Å²) in [6.45, 7) is 1.75. The van der Waals surface area contributed by atoms with Gasteiger partial charge in [-0.2, -0.15) is 0 Å². The molecule has 76 valence electrons. The summed E-state index contributed by atoms with van der Waals surface area (Å²) in [5.74, 6) is 0.0825. The molecule has 0 N–H and O–H groups in total. The zero-order chi connectivity index (χ0) is 9.97. The van der Waals surface area contributed by atoms with E-state index >= 15 is 0 Å². The number of amides is 1. The van der Waals surface area contributed by atoms with E-state index in [-0.39, 0.29) is 5.91 Å². The van der Waals surface area contributed by atoms with E-state index < -0.39 is 0 Å². The van der Waals surface area contributed by atoms with Gasteiger partial charge in [-0.15, -0.1) is 0 Å². The van der Waals surface area contributed by atoms with Gasteiger partial charge >= 0.3 is 0 Å². The van der Waals surface area contributed by atoms with Crippen molar-refractivity contribution in [1.29, 1.82) is 0 Å². The second-order valence-corrected chi connectivity index (χ2v) is 4.27. The molecular weight excluding hydrogens is 246 g/mol. The highest BCUT2D eigenvalue weighted by atomic mass is 79.9. The van der Waals surface area contributed by atoms with E-state index in [1.54, 1.807) is 6.07 Å². The number of hydrogen-bond acceptors (Lipinski definition) is 2. The molecule has 0 aliphatic carbocycles. The molecule has 1 aromatic heterocycles. The van der Waals surface area contributed by atoms with Crippen LogP contribution in [-0.4, -0.2) is 23.9 Å². The summed E-state index contributed by atoms with van der Waals surface area (Å²) in [6.07, 6.45) is 4.97. The Kier molecular flexibility index (Phi) is 2.91. The summed E-state index contributed by atoms with van der Waals surface area (Å²) in [5.41, 5.74) is 0.638. The van der Waals surface area contributed by atoms with Crippen LogP contribution in [0.3, 0.4) is 0 Å². The Morgan fingerprint density at radius 3 is 2.64 bits per heavy atom. The molecule has 2 heterocycles. The van der Waals surface area contributed by atoms with Gasteiger partial charge in [0.05, 0.1) is 5.56 Å². The Labute approximate surface area is 91.2 Å². The van der Waals surface area contributed by atoms with Crippen molar-refractivity contribution in [3.05, 3.63) is 22.6 Å². The first-order valence-corrected chi connectivity index (χ1v) is 5.60. The highest BCUT2D eigenvalue weighted by Crippen LogP contribution is 2.18. The predicted molar refractivity (Wildman–Crippen MR) is 56.2 cm³/mol. The maximum atomic E-state index is 11.9. The number of piperidine rings is 1. The van der Waals surface area contributed by atoms with Gasteiger partial charge in [-0.3, -0.25) is 4.79 Å². The maximum absolute atomic E-state index is 11.9. The number of carbonyl (C=O) groups is 1. The molecule has 0 radical (unpaired) electrons. The second kappa shape index (κ2) is 4.17. The predicted octanol–water partition coefficient (Wildman–Crippen LogP) is 2.67. The van der Waals surface area contributed by atoms with Crippen molar-refractivity contribution < 1.29 is 9.21 Å². The van der Waals surface area contributed by atoms with Crippen LogP contribution in [0.1, 0.15) is 29.6 Å². The average Bonchev–Trinajstić information content (AvgIpc) is 2.65. The van der Waals surface area contributed by atoms with Crippen LogP contribution < -0.4 is 0 Å². The topological polar surface area (TPSA) is 33.5 Å². The fraction of sp³-hybridized carbons (Fsp3) is 0.500. The van der Waals surface area contributed by atoms with Gasteiger partial charge < -0.3 is 9.32 Å². The molecule has 1 aliphatic heterocycles. The Balaban J connectivity index is 2.07. The smallest absolute Gasteiger partial charge is 0.257 e. The SMILES string of the molecule is O=C(c1coc(Br)c1)N1CCCCC1. The van der Waals surface area contributed by atoms with Gasteiger partial charge in [0.15, 0.2) is 4.67 Å². The molecule has 1 saturated heterocycles. The van der Waals surface area contributed by atoms with Crippen molar-refractivity contribution >= 4 is 21.8 Å². The minimum atomic E-state index is 0.0825. The molecule has 1 fully saturated rings. The first-order chi connectivity index (χ1) is 6.77. The van der Waals surface area contributed by atoms with Crippen LogP contribution in [0.25, 0.3) is 0 Å². The van der Waals surface area contributed by atoms with Crippen molar-refractivity contribution in [2.75, 3.05) is 13.1 Å². The quantitative estimate of drug-likeness (QED) is 0.775. The fourth-order valence-corrected chi connectivity index (χ4v) is 2.04. The molecule has 2 rings (SSSR count). The summed E-state index contributed by atoms with van der Waals surface area (Å²) in [5, 5.41) is 0. The summed E-state index contributed by atoms with van der Waals surface area (Å²) in [6, 6.07) is 1.72. The summed E-state index contributed by atoms with van der Waals surface area (Å²) in [7, 11) is 0. The standard InChI is InChI=1S/C10H12BrNO2/c11-9-6-8(7-14-9)10(13)12-4-2-1-3-5-12/h6-7H,1-5H2. The minimum Gasteiger partial charge on any atom is -0.457 e. The zero-order valence-electron chi connectivity index (χ0n) is 7.83. The number of hydrogen-bond donors (Lipinski definition) is 0. The Morgan fingerprint density at radius 1 is 1.36 bits per heavy atom. The van der Waals surface area contributed by atoms with Crippen molar-refractivity contribution in [2.24, 2.45) is 0 Å². The molecule has 4 heteroatoms. The number of furan rings is 1. The second-order valence-electron chi connectivity index (χ2n) is 3.49. The van der Waals surface area contributed by atoms with Gasteiger partial charge in [-0.25, -0.2) is 0 Å². The van der Waals surface area contributed by atoms with Crippen LogP contribution in [0.15, 0.2) is 21.4 Å². The summed E-state index contributed by atoms with van der Waals surface area (Å²) in [4.78, 5) is 13.7. The highest BCUT2D eigenvalue weighted by Gasteiger charge is 2.19. The molecule has 0 unspecified atom stereocenters. The molecule has 1 aromatic rings. The van der Waals surface area contributed by atoms with Crippen LogP contribution in [0, 0.1) is 0 Å². The number of rotatable bonds is 1. The molecule has 1 aliphatic rings. The van der Waals surface area contributed by atoms with Crippen LogP contribution in [0.4, 0.5) is 0 Å². The highest BCUT2D eigenvalue weighted by molar-refractivity contribution is 9.10. The first kappa shape index (κ1) is 9.77. The van der Waals surface area contributed by atoms with Crippen LogP contribution in [-0.2, 0) is 0 Å². The van der Waals surface area contributed by atoms with E-state index in [2.05, 4.69) is 15.9 Å². The van der Waals surface area contributed by atoms with Crippen molar-refractivity contribution in [3.8, 4) is 0 Å². The van der Waals surface area contributed by atoms with Crippen molar-refractivity contribution in [2.45, 2.75) is 19.3 Å². The summed E-state index contributed by atoms with van der Waals surface area (Å²) < 4.78 is 5.65. The zero-order valence-corrected chi connectivity index (χ0v) is 9.42. The molecule has 14 heavy (non-hydrogen) atoms. The molecule has 0 saturated carbocycles. The van der Waals surface area contributed by atoms with E-state index in [0.29, 0.717) is 10.2 Å². The number of nitrogens with zero attached hydrogens (tertiary/aromatic N) is 1. The average molecular weight is 258 g/mol. The lowest BCUT2D eigenvalue weighted by atomic mass is 10.1. The lowest BCUT2D eigenvalue weighted by Crippen LogP contribution is -2.35. The monoisotopic (exact) mass is 257 g/mol. The molecule has 1 amide bonds. The largest absolute Gasteiger partial charge is 0.457 e. The summed E-state index contributed by atoms with van der Waals surface area (Å²) >= 11 is 3.19. The van der Waals surface area contributed by atoms with Gasteiger partial charge in [0, 0.05) is 19.2 Å². The third-order valence-corrected chi connectivity index (χ3v) is 2.87. The van der Waals surface area contributed by atoms with Crippen LogP contribution in [0.2, 0.25) is 0 Å². The molecule has 0 spiro atoms. The van der Waals surface area contributed by atoms with Gasteiger partial charge in [0.2, 0.25) is 0 Å².